The average molecular weight is 147 g/mol. The van der Waals surface area contributed by atoms with Crippen molar-refractivity contribution in [1.82, 2.24) is 0 Å². The molecule has 0 aliphatic carbocycles. The van der Waals surface area contributed by atoms with Crippen LogP contribution in [0.1, 0.15) is 46.5 Å². The molecule has 0 spiro atoms. The summed E-state index contributed by atoms with van der Waals surface area (Å²) in [5.74, 6) is 0. The second-order valence-corrected chi connectivity index (χ2v) is 2.36. The molecule has 1 unspecified atom stereocenters. The van der Waals surface area contributed by atoms with E-state index in [1.165, 1.54) is 12.8 Å². The second kappa shape index (κ2) is 11.7. The summed E-state index contributed by atoms with van der Waals surface area (Å²) in [5, 5.41) is 8.33. The number of hydrogen-bond donors (Lipinski definition) is 2. The van der Waals surface area contributed by atoms with Gasteiger partial charge in [0.1, 0.15) is 6.23 Å². The number of rotatable bonds is 3. The van der Waals surface area contributed by atoms with Gasteiger partial charge in [0.05, 0.1) is 0 Å². The van der Waals surface area contributed by atoms with Crippen molar-refractivity contribution in [2.75, 3.05) is 0 Å². The Hall–Kier alpha value is -0.0800. The van der Waals surface area contributed by atoms with Gasteiger partial charge in [0.2, 0.25) is 0 Å². The molecule has 2 heteroatoms. The Morgan fingerprint density at radius 2 is 1.50 bits per heavy atom. The first-order valence-corrected chi connectivity index (χ1v) is 4.12. The van der Waals surface area contributed by atoms with Gasteiger partial charge in [0.15, 0.2) is 0 Å². The van der Waals surface area contributed by atoms with Crippen molar-refractivity contribution in [3.63, 3.8) is 0 Å². The van der Waals surface area contributed by atoms with Crippen molar-refractivity contribution >= 4 is 0 Å². The van der Waals surface area contributed by atoms with Gasteiger partial charge in [-0.15, -0.1) is 0 Å². The molecule has 0 aromatic heterocycles. The topological polar surface area (TPSA) is 46.2 Å². The van der Waals surface area contributed by atoms with Crippen molar-refractivity contribution in [1.29, 1.82) is 0 Å². The zero-order valence-corrected chi connectivity index (χ0v) is 7.43. The molecule has 0 aromatic carbocycles. The lowest BCUT2D eigenvalue weighted by Crippen LogP contribution is -2.17. The molecule has 10 heavy (non-hydrogen) atoms. The Balaban J connectivity index is 0. The molecule has 1 atom stereocenters. The number of nitrogens with two attached hydrogens (primary N) is 1. The molecule has 0 saturated carbocycles. The first-order valence-electron chi connectivity index (χ1n) is 4.12. The number of aliphatic hydroxyl groups excluding tert-OH is 1. The molecule has 0 heterocycles. The maximum Gasteiger partial charge on any atom is 0.102 e. The van der Waals surface area contributed by atoms with Crippen LogP contribution < -0.4 is 5.73 Å². The van der Waals surface area contributed by atoms with E-state index >= 15 is 0 Å². The number of aliphatic hydroxyl groups is 1. The molecular weight excluding hydrogens is 126 g/mol. The highest BCUT2D eigenvalue weighted by Crippen LogP contribution is 1.85. The van der Waals surface area contributed by atoms with Gasteiger partial charge < -0.3 is 10.8 Å². The third-order valence-corrected chi connectivity index (χ3v) is 1.08. The molecule has 0 aliphatic rings. The van der Waals surface area contributed by atoms with Crippen LogP contribution in [0.25, 0.3) is 0 Å². The summed E-state index contributed by atoms with van der Waals surface area (Å²) in [5.41, 5.74) is 4.96. The second-order valence-electron chi connectivity index (χ2n) is 2.36. The maximum atomic E-state index is 8.33. The van der Waals surface area contributed by atoms with Gasteiger partial charge in [-0.2, -0.15) is 0 Å². The van der Waals surface area contributed by atoms with E-state index in [1.807, 2.05) is 6.92 Å². The molecule has 0 saturated heterocycles. The van der Waals surface area contributed by atoms with Gasteiger partial charge >= 0.3 is 0 Å². The normalized spacial score (nSPS) is 11.7. The average Bonchev–Trinajstić information content (AvgIpc) is 1.89. The quantitative estimate of drug-likeness (QED) is 0.599. The van der Waals surface area contributed by atoms with Crippen molar-refractivity contribution in [2.24, 2.45) is 5.73 Å². The third-order valence-electron chi connectivity index (χ3n) is 1.08. The van der Waals surface area contributed by atoms with E-state index in [0.717, 1.165) is 6.42 Å². The van der Waals surface area contributed by atoms with E-state index in [2.05, 4.69) is 13.8 Å². The Morgan fingerprint density at radius 1 is 1.10 bits per heavy atom. The molecular formula is C8H21NO. The summed E-state index contributed by atoms with van der Waals surface area (Å²) in [7, 11) is 0. The molecule has 0 aromatic rings. The van der Waals surface area contributed by atoms with Crippen LogP contribution in [0.2, 0.25) is 0 Å². The fourth-order valence-electron chi connectivity index (χ4n) is 0.296. The molecule has 0 rings (SSSR count). The highest BCUT2D eigenvalue weighted by Gasteiger charge is 1.87. The van der Waals surface area contributed by atoms with Gasteiger partial charge in [-0.1, -0.05) is 40.0 Å². The van der Waals surface area contributed by atoms with Crippen molar-refractivity contribution < 1.29 is 5.11 Å². The van der Waals surface area contributed by atoms with Crippen LogP contribution in [-0.4, -0.2) is 11.3 Å². The van der Waals surface area contributed by atoms with Crippen LogP contribution in [0.15, 0.2) is 0 Å². The van der Waals surface area contributed by atoms with Crippen LogP contribution in [0.4, 0.5) is 0 Å². The summed E-state index contributed by atoms with van der Waals surface area (Å²) in [6.07, 6.45) is 3.70. The first kappa shape index (κ1) is 12.6. The van der Waals surface area contributed by atoms with Crippen LogP contribution in [0.3, 0.4) is 0 Å². The van der Waals surface area contributed by atoms with E-state index < -0.39 is 6.23 Å². The highest BCUT2D eigenvalue weighted by molar-refractivity contribution is 4.38. The minimum Gasteiger partial charge on any atom is -0.379 e. The number of unbranched alkanes of at least 4 members (excludes halogenated alkanes) is 1. The maximum absolute atomic E-state index is 8.33. The highest BCUT2D eigenvalue weighted by atomic mass is 16.3. The molecule has 2 nitrogen and oxygen atoms in total. The molecule has 64 valence electrons. The SMILES string of the molecule is CCCC.CCCC(N)O. The lowest BCUT2D eigenvalue weighted by atomic mass is 10.3. The summed E-state index contributed by atoms with van der Waals surface area (Å²) in [4.78, 5) is 0. The molecule has 0 radical (unpaired) electrons. The molecule has 0 aliphatic heterocycles. The molecule has 0 fully saturated rings. The Morgan fingerprint density at radius 3 is 1.50 bits per heavy atom. The van der Waals surface area contributed by atoms with E-state index in [4.69, 9.17) is 10.8 Å². The van der Waals surface area contributed by atoms with Crippen molar-refractivity contribution in [3.8, 4) is 0 Å². The van der Waals surface area contributed by atoms with E-state index in [0.29, 0.717) is 6.42 Å². The largest absolute Gasteiger partial charge is 0.379 e. The fraction of sp³-hybridized carbons (Fsp3) is 1.00. The van der Waals surface area contributed by atoms with E-state index in [1.54, 1.807) is 0 Å². The Bertz CT molecular complexity index is 44.5. The van der Waals surface area contributed by atoms with Crippen LogP contribution >= 0.6 is 0 Å². The minimum atomic E-state index is -0.602. The smallest absolute Gasteiger partial charge is 0.102 e. The third kappa shape index (κ3) is 24.7. The van der Waals surface area contributed by atoms with E-state index in [-0.39, 0.29) is 0 Å². The van der Waals surface area contributed by atoms with Gasteiger partial charge in [0, 0.05) is 0 Å². The van der Waals surface area contributed by atoms with Crippen molar-refractivity contribution in [3.05, 3.63) is 0 Å². The lowest BCUT2D eigenvalue weighted by molar-refractivity contribution is 0.171. The Kier molecular flexibility index (Phi) is 14.7. The monoisotopic (exact) mass is 147 g/mol. The molecule has 0 amide bonds. The zero-order chi connectivity index (χ0) is 8.41. The number of hydrogen-bond acceptors (Lipinski definition) is 2. The van der Waals surface area contributed by atoms with Crippen LogP contribution in [0.5, 0.6) is 0 Å². The summed E-state index contributed by atoms with van der Waals surface area (Å²) in [6.45, 7) is 6.34. The van der Waals surface area contributed by atoms with Gasteiger partial charge in [-0.3, -0.25) is 0 Å². The zero-order valence-electron chi connectivity index (χ0n) is 7.43. The van der Waals surface area contributed by atoms with Crippen molar-refractivity contribution in [2.45, 2.75) is 52.7 Å². The lowest BCUT2D eigenvalue weighted by Gasteiger charge is -1.96. The predicted molar refractivity (Wildman–Crippen MR) is 45.7 cm³/mol. The minimum absolute atomic E-state index is 0.602. The summed E-state index contributed by atoms with van der Waals surface area (Å²) < 4.78 is 0. The van der Waals surface area contributed by atoms with Crippen LogP contribution in [0, 0.1) is 0 Å². The summed E-state index contributed by atoms with van der Waals surface area (Å²) in [6, 6.07) is 0. The Labute approximate surface area is 64.4 Å². The fourth-order valence-corrected chi connectivity index (χ4v) is 0.296. The molecule has 3 N–H and O–H groups in total. The van der Waals surface area contributed by atoms with E-state index in [9.17, 15) is 0 Å². The van der Waals surface area contributed by atoms with Crippen LogP contribution in [-0.2, 0) is 0 Å². The van der Waals surface area contributed by atoms with Gasteiger partial charge in [-0.05, 0) is 6.42 Å². The molecule has 0 bridgehead atoms. The first-order chi connectivity index (χ1) is 4.68. The summed E-state index contributed by atoms with van der Waals surface area (Å²) >= 11 is 0. The van der Waals surface area contributed by atoms with Gasteiger partial charge in [-0.25, -0.2) is 0 Å². The standard InChI is InChI=1S/C4H11NO.C4H10/c1-2-3-4(5)6;1-3-4-2/h4,6H,2-3,5H2,1H3;3-4H2,1-2H3. The predicted octanol–water partition coefficient (Wildman–Crippen LogP) is 1.87. The van der Waals surface area contributed by atoms with Gasteiger partial charge in [0.25, 0.3) is 0 Å².